The average Bonchev–Trinajstić information content (AvgIpc) is 2.32. The largest absolute Gasteiger partial charge is 0.481 e. The number of amides is 1. The maximum Gasteiger partial charge on any atom is 0.306 e. The minimum atomic E-state index is -1.03. The summed E-state index contributed by atoms with van der Waals surface area (Å²) in [6, 6.07) is 5.63. The Labute approximate surface area is 119 Å². The van der Waals surface area contributed by atoms with Crippen LogP contribution in [-0.4, -0.2) is 36.2 Å². The molecular weight excluding hydrogens is 314 g/mol. The molecule has 6 heteroatoms. The standard InChI is InChI=1S/C13H14BrNO4/c1-8-6-9(14)2-3-10(8)15-4-5-19-11(13(15)18)7-12(16)17/h2-3,6,11H,4-5,7H2,1H3,(H,16,17). The summed E-state index contributed by atoms with van der Waals surface area (Å²) in [5.41, 5.74) is 1.76. The number of aliphatic carboxylic acids is 1. The Morgan fingerprint density at radius 1 is 1.58 bits per heavy atom. The minimum Gasteiger partial charge on any atom is -0.481 e. The van der Waals surface area contributed by atoms with E-state index in [2.05, 4.69) is 15.9 Å². The molecule has 19 heavy (non-hydrogen) atoms. The zero-order valence-electron chi connectivity index (χ0n) is 10.4. The number of aryl methyl sites for hydroxylation is 1. The second kappa shape index (κ2) is 5.71. The zero-order valence-corrected chi connectivity index (χ0v) is 12.0. The third-order valence-electron chi connectivity index (χ3n) is 2.99. The molecule has 1 amide bonds. The van der Waals surface area contributed by atoms with E-state index in [1.165, 1.54) is 0 Å². The van der Waals surface area contributed by atoms with E-state index < -0.39 is 12.1 Å². The van der Waals surface area contributed by atoms with Crippen molar-refractivity contribution in [2.45, 2.75) is 19.4 Å². The number of carboxylic acid groups (broad SMARTS) is 1. The summed E-state index contributed by atoms with van der Waals surface area (Å²) in [4.78, 5) is 24.5. The van der Waals surface area contributed by atoms with Crippen LogP contribution in [0.4, 0.5) is 5.69 Å². The van der Waals surface area contributed by atoms with Crippen LogP contribution in [0.15, 0.2) is 22.7 Å². The fourth-order valence-electron chi connectivity index (χ4n) is 2.11. The molecule has 102 valence electrons. The molecule has 1 fully saturated rings. The van der Waals surface area contributed by atoms with Gasteiger partial charge in [-0.1, -0.05) is 15.9 Å². The van der Waals surface area contributed by atoms with Gasteiger partial charge in [-0.25, -0.2) is 0 Å². The highest BCUT2D eigenvalue weighted by Gasteiger charge is 2.32. The normalized spacial score (nSPS) is 19.6. The van der Waals surface area contributed by atoms with E-state index in [1.54, 1.807) is 4.90 Å². The highest BCUT2D eigenvalue weighted by molar-refractivity contribution is 9.10. The lowest BCUT2D eigenvalue weighted by Gasteiger charge is -2.32. The molecule has 0 saturated carbocycles. The highest BCUT2D eigenvalue weighted by atomic mass is 79.9. The van der Waals surface area contributed by atoms with Crippen molar-refractivity contribution in [3.05, 3.63) is 28.2 Å². The van der Waals surface area contributed by atoms with Crippen LogP contribution < -0.4 is 4.90 Å². The molecule has 0 aliphatic carbocycles. The molecule has 1 aromatic carbocycles. The number of nitrogens with zero attached hydrogens (tertiary/aromatic N) is 1. The van der Waals surface area contributed by atoms with Crippen LogP contribution in [-0.2, 0) is 14.3 Å². The van der Waals surface area contributed by atoms with Gasteiger partial charge in [-0.05, 0) is 30.7 Å². The predicted molar refractivity (Wildman–Crippen MR) is 73.2 cm³/mol. The van der Waals surface area contributed by atoms with Gasteiger partial charge in [0.25, 0.3) is 5.91 Å². The van der Waals surface area contributed by atoms with Crippen molar-refractivity contribution in [1.29, 1.82) is 0 Å². The van der Waals surface area contributed by atoms with E-state index in [1.807, 2.05) is 25.1 Å². The summed E-state index contributed by atoms with van der Waals surface area (Å²) in [6.07, 6.45) is -1.19. The van der Waals surface area contributed by atoms with Crippen LogP contribution in [0.3, 0.4) is 0 Å². The number of ether oxygens (including phenoxy) is 1. The fraction of sp³-hybridized carbons (Fsp3) is 0.385. The van der Waals surface area contributed by atoms with E-state index in [9.17, 15) is 9.59 Å². The summed E-state index contributed by atoms with van der Waals surface area (Å²) >= 11 is 3.37. The lowest BCUT2D eigenvalue weighted by Crippen LogP contribution is -2.48. The fourth-order valence-corrected chi connectivity index (χ4v) is 2.58. The Hall–Kier alpha value is -1.40. The molecule has 0 aromatic heterocycles. The second-order valence-electron chi connectivity index (χ2n) is 4.38. The van der Waals surface area contributed by atoms with Gasteiger partial charge in [0.15, 0.2) is 0 Å². The van der Waals surface area contributed by atoms with Crippen molar-refractivity contribution in [3.8, 4) is 0 Å². The zero-order chi connectivity index (χ0) is 14.0. The molecule has 1 N–H and O–H groups in total. The minimum absolute atomic E-state index is 0.293. The number of hydrogen-bond acceptors (Lipinski definition) is 3. The van der Waals surface area contributed by atoms with Crippen molar-refractivity contribution in [2.24, 2.45) is 0 Å². The average molecular weight is 328 g/mol. The summed E-state index contributed by atoms with van der Waals surface area (Å²) in [7, 11) is 0. The molecule has 1 aliphatic heterocycles. The maximum absolute atomic E-state index is 12.2. The van der Waals surface area contributed by atoms with Gasteiger partial charge in [0.05, 0.1) is 13.0 Å². The molecule has 1 saturated heterocycles. The van der Waals surface area contributed by atoms with Gasteiger partial charge in [-0.2, -0.15) is 0 Å². The van der Waals surface area contributed by atoms with Crippen LogP contribution in [0.2, 0.25) is 0 Å². The van der Waals surface area contributed by atoms with Gasteiger partial charge < -0.3 is 14.7 Å². The van der Waals surface area contributed by atoms with Gasteiger partial charge in [-0.15, -0.1) is 0 Å². The summed E-state index contributed by atoms with van der Waals surface area (Å²) in [6.45, 7) is 2.70. The summed E-state index contributed by atoms with van der Waals surface area (Å²) in [5, 5.41) is 8.77. The molecule has 0 radical (unpaired) electrons. The number of carbonyl (C=O) groups excluding carboxylic acids is 1. The molecule has 5 nitrogen and oxygen atoms in total. The highest BCUT2D eigenvalue weighted by Crippen LogP contribution is 2.26. The van der Waals surface area contributed by atoms with Crippen molar-refractivity contribution < 1.29 is 19.4 Å². The molecule has 2 rings (SSSR count). The number of carbonyl (C=O) groups is 2. The van der Waals surface area contributed by atoms with Crippen molar-refractivity contribution in [3.63, 3.8) is 0 Å². The lowest BCUT2D eigenvalue weighted by molar-refractivity contribution is -0.147. The SMILES string of the molecule is Cc1cc(Br)ccc1N1CCOC(CC(=O)O)C1=O. The third-order valence-corrected chi connectivity index (χ3v) is 3.48. The van der Waals surface area contributed by atoms with Crippen LogP contribution >= 0.6 is 15.9 Å². The smallest absolute Gasteiger partial charge is 0.306 e. The maximum atomic E-state index is 12.2. The van der Waals surface area contributed by atoms with E-state index in [4.69, 9.17) is 9.84 Å². The first-order chi connectivity index (χ1) is 8.99. The number of morpholine rings is 1. The Balaban J connectivity index is 2.24. The molecule has 1 aliphatic rings. The first kappa shape index (κ1) is 14.0. The van der Waals surface area contributed by atoms with Gasteiger partial charge in [-0.3, -0.25) is 9.59 Å². The Morgan fingerprint density at radius 2 is 2.32 bits per heavy atom. The molecule has 0 bridgehead atoms. The molecule has 1 atom stereocenters. The number of benzene rings is 1. The van der Waals surface area contributed by atoms with Crippen LogP contribution in [0.5, 0.6) is 0 Å². The number of halogens is 1. The van der Waals surface area contributed by atoms with Gasteiger partial charge in [0.2, 0.25) is 0 Å². The first-order valence-electron chi connectivity index (χ1n) is 5.90. The van der Waals surface area contributed by atoms with Crippen molar-refractivity contribution in [2.75, 3.05) is 18.1 Å². The van der Waals surface area contributed by atoms with Crippen molar-refractivity contribution >= 4 is 33.5 Å². The number of rotatable bonds is 3. The van der Waals surface area contributed by atoms with Crippen LogP contribution in [0, 0.1) is 6.92 Å². The Kier molecular flexibility index (Phi) is 4.21. The third kappa shape index (κ3) is 3.13. The number of anilines is 1. The Morgan fingerprint density at radius 3 is 2.95 bits per heavy atom. The summed E-state index contributed by atoms with van der Waals surface area (Å²) < 4.78 is 6.18. The second-order valence-corrected chi connectivity index (χ2v) is 5.29. The van der Waals surface area contributed by atoms with Gasteiger partial charge >= 0.3 is 5.97 Å². The van der Waals surface area contributed by atoms with Gasteiger partial charge in [0.1, 0.15) is 6.10 Å². The predicted octanol–water partition coefficient (Wildman–Crippen LogP) is 1.96. The Bertz CT molecular complexity index is 517. The van der Waals surface area contributed by atoms with E-state index in [0.29, 0.717) is 13.2 Å². The van der Waals surface area contributed by atoms with Crippen LogP contribution in [0.1, 0.15) is 12.0 Å². The monoisotopic (exact) mass is 327 g/mol. The molecule has 0 spiro atoms. The molecule has 1 heterocycles. The topological polar surface area (TPSA) is 66.8 Å². The molecule has 1 unspecified atom stereocenters. The molecular formula is C13H14BrNO4. The van der Waals surface area contributed by atoms with E-state index in [-0.39, 0.29) is 12.3 Å². The van der Waals surface area contributed by atoms with Crippen molar-refractivity contribution in [1.82, 2.24) is 0 Å². The number of carboxylic acids is 1. The van der Waals surface area contributed by atoms with E-state index >= 15 is 0 Å². The van der Waals surface area contributed by atoms with E-state index in [0.717, 1.165) is 15.7 Å². The van der Waals surface area contributed by atoms with Crippen LogP contribution in [0.25, 0.3) is 0 Å². The van der Waals surface area contributed by atoms with Gasteiger partial charge in [0, 0.05) is 16.7 Å². The number of hydrogen-bond donors (Lipinski definition) is 1. The lowest BCUT2D eigenvalue weighted by atomic mass is 10.1. The first-order valence-corrected chi connectivity index (χ1v) is 6.69. The summed E-state index contributed by atoms with van der Waals surface area (Å²) in [5.74, 6) is -1.33. The quantitative estimate of drug-likeness (QED) is 0.921. The molecule has 1 aromatic rings.